The smallest absolute Gasteiger partial charge is 0.164 e. The summed E-state index contributed by atoms with van der Waals surface area (Å²) < 4.78 is 5.98. The van der Waals surface area contributed by atoms with Gasteiger partial charge < -0.3 is 14.7 Å². The molecule has 1 aromatic rings. The molecule has 0 aliphatic carbocycles. The summed E-state index contributed by atoms with van der Waals surface area (Å²) >= 11 is 3.36. The van der Waals surface area contributed by atoms with Crippen molar-refractivity contribution >= 4 is 15.9 Å². The van der Waals surface area contributed by atoms with Gasteiger partial charge in [-0.25, -0.2) is 5.90 Å². The Labute approximate surface area is 97.1 Å². The third-order valence-corrected chi connectivity index (χ3v) is 3.08. The Bertz CT molecular complexity index is 355. The third kappa shape index (κ3) is 2.62. The Balaban J connectivity index is 3.18. The van der Waals surface area contributed by atoms with Gasteiger partial charge in [-0.05, 0) is 18.6 Å². The van der Waals surface area contributed by atoms with E-state index in [0.29, 0.717) is 18.8 Å². The summed E-state index contributed by atoms with van der Waals surface area (Å²) in [6.07, 6.45) is 0.596. The highest BCUT2D eigenvalue weighted by molar-refractivity contribution is 9.10. The predicted octanol–water partition coefficient (Wildman–Crippen LogP) is 1.90. The molecule has 0 bridgehead atoms. The molecule has 84 valence electrons. The van der Waals surface area contributed by atoms with Crippen LogP contribution in [0.1, 0.15) is 11.1 Å². The van der Waals surface area contributed by atoms with E-state index in [1.54, 1.807) is 6.07 Å². The van der Waals surface area contributed by atoms with E-state index in [1.807, 2.05) is 6.92 Å². The molecule has 15 heavy (non-hydrogen) atoms. The second kappa shape index (κ2) is 5.34. The summed E-state index contributed by atoms with van der Waals surface area (Å²) in [5.41, 5.74) is 1.91. The predicted molar refractivity (Wildman–Crippen MR) is 60.9 cm³/mol. The van der Waals surface area contributed by atoms with E-state index in [4.69, 9.17) is 10.6 Å². The van der Waals surface area contributed by atoms with Crippen molar-refractivity contribution in [3.63, 3.8) is 0 Å². The van der Waals surface area contributed by atoms with Crippen molar-refractivity contribution in [3.8, 4) is 11.5 Å². The number of hydrogen-bond donors (Lipinski definition) is 2. The van der Waals surface area contributed by atoms with Gasteiger partial charge in [-0.3, -0.25) is 0 Å². The molecular formula is C10H14BrNO3. The number of ether oxygens (including phenoxy) is 1. The van der Waals surface area contributed by atoms with Crippen molar-refractivity contribution in [1.82, 2.24) is 0 Å². The number of halogens is 1. The first-order valence-corrected chi connectivity index (χ1v) is 5.27. The molecule has 0 radical (unpaired) electrons. The Morgan fingerprint density at radius 1 is 1.53 bits per heavy atom. The summed E-state index contributed by atoms with van der Waals surface area (Å²) in [4.78, 5) is 4.53. The lowest BCUT2D eigenvalue weighted by Gasteiger charge is -2.14. The number of aromatic hydroxyl groups is 1. The van der Waals surface area contributed by atoms with Gasteiger partial charge in [0.1, 0.15) is 0 Å². The summed E-state index contributed by atoms with van der Waals surface area (Å²) in [5, 5.41) is 9.67. The van der Waals surface area contributed by atoms with Crippen molar-refractivity contribution in [2.45, 2.75) is 13.3 Å². The largest absolute Gasteiger partial charge is 0.504 e. The normalized spacial score (nSPS) is 10.4. The van der Waals surface area contributed by atoms with Crippen LogP contribution in [0.5, 0.6) is 11.5 Å². The zero-order chi connectivity index (χ0) is 11.4. The van der Waals surface area contributed by atoms with Crippen LogP contribution in [-0.2, 0) is 11.3 Å². The first kappa shape index (κ1) is 12.3. The van der Waals surface area contributed by atoms with E-state index in [0.717, 1.165) is 15.6 Å². The topological polar surface area (TPSA) is 64.7 Å². The first-order chi connectivity index (χ1) is 7.11. The molecule has 1 aromatic carbocycles. The van der Waals surface area contributed by atoms with Gasteiger partial charge >= 0.3 is 0 Å². The number of nitrogens with two attached hydrogens (primary N) is 1. The Morgan fingerprint density at radius 3 is 2.73 bits per heavy atom. The fourth-order valence-corrected chi connectivity index (χ4v) is 1.91. The quantitative estimate of drug-likeness (QED) is 0.824. The fraction of sp³-hybridized carbons (Fsp3) is 0.400. The average Bonchev–Trinajstić information content (AvgIpc) is 2.21. The number of benzene rings is 1. The van der Waals surface area contributed by atoms with Crippen LogP contribution < -0.4 is 10.6 Å². The molecule has 0 fully saturated rings. The molecule has 5 heteroatoms. The van der Waals surface area contributed by atoms with Crippen LogP contribution in [0.25, 0.3) is 0 Å². The maximum Gasteiger partial charge on any atom is 0.164 e. The van der Waals surface area contributed by atoms with Crippen molar-refractivity contribution in [1.29, 1.82) is 0 Å². The van der Waals surface area contributed by atoms with E-state index in [2.05, 4.69) is 20.8 Å². The average molecular weight is 276 g/mol. The summed E-state index contributed by atoms with van der Waals surface area (Å²) in [6, 6.07) is 1.61. The molecule has 0 saturated heterocycles. The molecule has 1 rings (SSSR count). The van der Waals surface area contributed by atoms with Gasteiger partial charge in [0, 0.05) is 16.5 Å². The molecule has 0 saturated carbocycles. The van der Waals surface area contributed by atoms with Crippen molar-refractivity contribution in [2.24, 2.45) is 5.90 Å². The monoisotopic (exact) mass is 275 g/mol. The second-order valence-electron chi connectivity index (χ2n) is 3.14. The summed E-state index contributed by atoms with van der Waals surface area (Å²) in [7, 11) is 1.52. The van der Waals surface area contributed by atoms with Crippen LogP contribution in [0.2, 0.25) is 0 Å². The van der Waals surface area contributed by atoms with Gasteiger partial charge in [0.15, 0.2) is 11.5 Å². The molecule has 0 aromatic heterocycles. The zero-order valence-electron chi connectivity index (χ0n) is 8.71. The highest BCUT2D eigenvalue weighted by atomic mass is 79.9. The van der Waals surface area contributed by atoms with Crippen LogP contribution in [0, 0.1) is 6.92 Å². The maximum atomic E-state index is 9.67. The highest BCUT2D eigenvalue weighted by Gasteiger charge is 2.14. The number of methoxy groups -OCH3 is 1. The molecule has 0 amide bonds. The molecule has 0 aliphatic rings. The number of rotatable bonds is 4. The lowest BCUT2D eigenvalue weighted by molar-refractivity contribution is 0.140. The van der Waals surface area contributed by atoms with Gasteiger partial charge in [-0.1, -0.05) is 15.9 Å². The lowest BCUT2D eigenvalue weighted by Crippen LogP contribution is -2.06. The van der Waals surface area contributed by atoms with Crippen molar-refractivity contribution < 1.29 is 14.7 Å². The molecular weight excluding hydrogens is 262 g/mol. The van der Waals surface area contributed by atoms with Crippen LogP contribution in [0.4, 0.5) is 0 Å². The summed E-state index contributed by atoms with van der Waals surface area (Å²) in [6.45, 7) is 2.32. The minimum atomic E-state index is 0.113. The Hall–Kier alpha value is -0.780. The van der Waals surface area contributed by atoms with Crippen LogP contribution >= 0.6 is 15.9 Å². The standard InChI is InChI=1S/C10H14BrNO3/c1-6-7(3-4-15-12)10(14-2)9(13)5-8(6)11/h5,13H,3-4,12H2,1-2H3. The minimum absolute atomic E-state index is 0.113. The van der Waals surface area contributed by atoms with Crippen LogP contribution in [-0.4, -0.2) is 18.8 Å². The maximum absolute atomic E-state index is 9.67. The SMILES string of the molecule is COc1c(O)cc(Br)c(C)c1CCON. The van der Waals surface area contributed by atoms with Gasteiger partial charge in [0.2, 0.25) is 0 Å². The molecule has 0 atom stereocenters. The van der Waals surface area contributed by atoms with E-state index in [1.165, 1.54) is 7.11 Å². The van der Waals surface area contributed by atoms with Crippen molar-refractivity contribution in [2.75, 3.05) is 13.7 Å². The van der Waals surface area contributed by atoms with Crippen molar-refractivity contribution in [3.05, 3.63) is 21.7 Å². The zero-order valence-corrected chi connectivity index (χ0v) is 10.3. The van der Waals surface area contributed by atoms with E-state index < -0.39 is 0 Å². The van der Waals surface area contributed by atoms with Crippen LogP contribution in [0.15, 0.2) is 10.5 Å². The van der Waals surface area contributed by atoms with Crippen LogP contribution in [0.3, 0.4) is 0 Å². The highest BCUT2D eigenvalue weighted by Crippen LogP contribution is 2.37. The minimum Gasteiger partial charge on any atom is -0.504 e. The van der Waals surface area contributed by atoms with E-state index in [-0.39, 0.29) is 5.75 Å². The molecule has 4 nitrogen and oxygen atoms in total. The Kier molecular flexibility index (Phi) is 4.38. The Morgan fingerprint density at radius 2 is 2.20 bits per heavy atom. The van der Waals surface area contributed by atoms with E-state index >= 15 is 0 Å². The van der Waals surface area contributed by atoms with Gasteiger partial charge in [-0.2, -0.15) is 0 Å². The molecule has 0 spiro atoms. The number of hydrogen-bond acceptors (Lipinski definition) is 4. The lowest BCUT2D eigenvalue weighted by atomic mass is 10.0. The molecule has 0 aliphatic heterocycles. The van der Waals surface area contributed by atoms with Gasteiger partial charge in [0.25, 0.3) is 0 Å². The van der Waals surface area contributed by atoms with E-state index in [9.17, 15) is 5.11 Å². The summed E-state index contributed by atoms with van der Waals surface area (Å²) in [5.74, 6) is 5.57. The van der Waals surface area contributed by atoms with Gasteiger partial charge in [0.05, 0.1) is 13.7 Å². The number of phenols is 1. The molecule has 3 N–H and O–H groups in total. The first-order valence-electron chi connectivity index (χ1n) is 4.48. The van der Waals surface area contributed by atoms with Gasteiger partial charge in [-0.15, -0.1) is 0 Å². The third-order valence-electron chi connectivity index (χ3n) is 2.26. The fourth-order valence-electron chi connectivity index (χ4n) is 1.45. The second-order valence-corrected chi connectivity index (χ2v) is 3.99. The number of phenolic OH excluding ortho intramolecular Hbond substituents is 1. The molecule has 0 unspecified atom stereocenters. The molecule has 0 heterocycles.